The summed E-state index contributed by atoms with van der Waals surface area (Å²) in [6.07, 6.45) is 0. The minimum absolute atomic E-state index is 0.0365. The van der Waals surface area contributed by atoms with Crippen molar-refractivity contribution in [3.8, 4) is 11.5 Å². The van der Waals surface area contributed by atoms with Gasteiger partial charge in [-0.1, -0.05) is 6.07 Å². The molecule has 0 aromatic heterocycles. The Bertz CT molecular complexity index is 779. The molecular weight excluding hydrogens is 340 g/mol. The van der Waals surface area contributed by atoms with Crippen molar-refractivity contribution < 1.29 is 29.0 Å². The molecule has 8 nitrogen and oxygen atoms in total. The molecule has 2 aliphatic heterocycles. The third kappa shape index (κ3) is 2.36. The third-order valence-electron chi connectivity index (χ3n) is 5.37. The van der Waals surface area contributed by atoms with Crippen molar-refractivity contribution in [3.63, 3.8) is 0 Å². The van der Waals surface area contributed by atoms with Crippen molar-refractivity contribution in [2.75, 3.05) is 20.8 Å². The molecule has 140 valence electrons. The fourth-order valence-electron chi connectivity index (χ4n) is 4.08. The van der Waals surface area contributed by atoms with Gasteiger partial charge in [0.1, 0.15) is 5.54 Å². The lowest BCUT2D eigenvalue weighted by Gasteiger charge is -2.28. The summed E-state index contributed by atoms with van der Waals surface area (Å²) in [5, 5.41) is 13.0. The van der Waals surface area contributed by atoms with E-state index >= 15 is 0 Å². The summed E-state index contributed by atoms with van der Waals surface area (Å²) in [5.74, 6) is -2.68. The molecule has 2 saturated heterocycles. The Kier molecular flexibility index (Phi) is 4.39. The second-order valence-corrected chi connectivity index (χ2v) is 6.67. The molecule has 8 heteroatoms. The Morgan fingerprint density at radius 1 is 1.31 bits per heavy atom. The van der Waals surface area contributed by atoms with Crippen molar-refractivity contribution in [1.29, 1.82) is 0 Å². The zero-order valence-electron chi connectivity index (χ0n) is 15.1. The van der Waals surface area contributed by atoms with Crippen LogP contribution in [0.1, 0.15) is 25.5 Å². The van der Waals surface area contributed by atoms with Crippen LogP contribution < -0.4 is 10.1 Å². The van der Waals surface area contributed by atoms with Crippen LogP contribution in [0.4, 0.5) is 0 Å². The Balaban J connectivity index is 2.11. The number of likely N-dealkylation sites (tertiary alicyclic amines) is 1. The number of rotatable bonds is 4. The monoisotopic (exact) mass is 362 g/mol. The number of hydrogen-bond acceptors (Lipinski definition) is 7. The number of amides is 2. The Morgan fingerprint density at radius 2 is 2.00 bits per heavy atom. The molecule has 3 rings (SSSR count). The highest BCUT2D eigenvalue weighted by molar-refractivity contribution is 6.09. The van der Waals surface area contributed by atoms with Crippen LogP contribution in [0, 0.1) is 11.8 Å². The molecular formula is C18H22N2O6. The number of hydrogen-bond donors (Lipinski definition) is 2. The van der Waals surface area contributed by atoms with E-state index in [1.165, 1.54) is 25.2 Å². The van der Waals surface area contributed by atoms with Crippen LogP contribution in [0.2, 0.25) is 0 Å². The number of carbonyl (C=O) groups excluding carboxylic acids is 3. The lowest BCUT2D eigenvalue weighted by Crippen LogP contribution is -2.53. The quantitative estimate of drug-likeness (QED) is 0.597. The van der Waals surface area contributed by atoms with Gasteiger partial charge in [0, 0.05) is 12.6 Å². The van der Waals surface area contributed by atoms with Crippen molar-refractivity contribution in [1.82, 2.24) is 10.2 Å². The van der Waals surface area contributed by atoms with E-state index in [1.54, 1.807) is 26.0 Å². The van der Waals surface area contributed by atoms with E-state index in [-0.39, 0.29) is 29.9 Å². The molecule has 1 aromatic rings. The lowest BCUT2D eigenvalue weighted by molar-refractivity contribution is -0.153. The molecule has 2 N–H and O–H groups in total. The highest BCUT2D eigenvalue weighted by Gasteiger charge is 2.66. The molecule has 2 amide bonds. The number of esters is 1. The van der Waals surface area contributed by atoms with Crippen LogP contribution in [0.5, 0.6) is 11.5 Å². The van der Waals surface area contributed by atoms with Gasteiger partial charge in [-0.25, -0.2) is 0 Å². The number of benzene rings is 1. The van der Waals surface area contributed by atoms with Gasteiger partial charge in [-0.05, 0) is 31.5 Å². The number of nitrogens with one attached hydrogen (secondary N) is 1. The SMILES string of the molecule is CCN1C(=O)[C@H]2[C@@H](C1=O)[C@@](C)(C(=O)OC)N[C@H]2c1ccc(O)c(OC)c1. The second-order valence-electron chi connectivity index (χ2n) is 6.67. The van der Waals surface area contributed by atoms with Gasteiger partial charge in [0.05, 0.1) is 26.1 Å². The maximum Gasteiger partial charge on any atom is 0.326 e. The van der Waals surface area contributed by atoms with E-state index in [9.17, 15) is 19.5 Å². The van der Waals surface area contributed by atoms with Crippen LogP contribution in [-0.4, -0.2) is 54.1 Å². The average Bonchev–Trinajstić information content (AvgIpc) is 3.09. The largest absolute Gasteiger partial charge is 0.504 e. The molecule has 0 bridgehead atoms. The van der Waals surface area contributed by atoms with E-state index in [0.717, 1.165) is 0 Å². The molecule has 1 aromatic carbocycles. The first-order valence-electron chi connectivity index (χ1n) is 8.38. The fraction of sp³-hybridized carbons (Fsp3) is 0.500. The fourth-order valence-corrected chi connectivity index (χ4v) is 4.08. The molecule has 0 radical (unpaired) electrons. The standard InChI is InChI=1S/C18H22N2O6/c1-5-20-15(22)12-13(16(20)23)18(2,17(24)26-4)19-14(12)9-6-7-10(21)11(8-9)25-3/h6-8,12-14,19,21H,5H2,1-4H3/t12-,13-,14-,18-/m0/s1. The number of imide groups is 1. The summed E-state index contributed by atoms with van der Waals surface area (Å²) >= 11 is 0. The maximum absolute atomic E-state index is 12.9. The number of carbonyl (C=O) groups is 3. The number of nitrogens with zero attached hydrogens (tertiary/aromatic N) is 1. The molecule has 4 atom stereocenters. The van der Waals surface area contributed by atoms with E-state index in [4.69, 9.17) is 9.47 Å². The first-order chi connectivity index (χ1) is 12.3. The molecule has 0 saturated carbocycles. The van der Waals surface area contributed by atoms with Gasteiger partial charge >= 0.3 is 5.97 Å². The van der Waals surface area contributed by atoms with Gasteiger partial charge in [-0.2, -0.15) is 0 Å². The summed E-state index contributed by atoms with van der Waals surface area (Å²) in [6, 6.07) is 4.10. The molecule has 0 unspecified atom stereocenters. The zero-order valence-corrected chi connectivity index (χ0v) is 15.1. The van der Waals surface area contributed by atoms with Gasteiger partial charge < -0.3 is 14.6 Å². The van der Waals surface area contributed by atoms with Crippen LogP contribution in [0.25, 0.3) is 0 Å². The zero-order chi connectivity index (χ0) is 19.2. The summed E-state index contributed by atoms with van der Waals surface area (Å²) in [5.41, 5.74) is -0.687. The highest BCUT2D eigenvalue weighted by atomic mass is 16.5. The second kappa shape index (κ2) is 6.28. The molecule has 26 heavy (non-hydrogen) atoms. The van der Waals surface area contributed by atoms with E-state index in [0.29, 0.717) is 5.56 Å². The van der Waals surface area contributed by atoms with Crippen molar-refractivity contribution in [3.05, 3.63) is 23.8 Å². The summed E-state index contributed by atoms with van der Waals surface area (Å²) in [7, 11) is 2.67. The predicted molar refractivity (Wildman–Crippen MR) is 90.3 cm³/mol. The minimum atomic E-state index is -1.33. The summed E-state index contributed by atoms with van der Waals surface area (Å²) in [4.78, 5) is 39.3. The van der Waals surface area contributed by atoms with Gasteiger partial charge in [0.25, 0.3) is 0 Å². The first-order valence-corrected chi connectivity index (χ1v) is 8.38. The van der Waals surface area contributed by atoms with Crippen LogP contribution >= 0.6 is 0 Å². The van der Waals surface area contributed by atoms with E-state index in [2.05, 4.69) is 5.32 Å². The van der Waals surface area contributed by atoms with E-state index in [1.807, 2.05) is 0 Å². The molecule has 2 heterocycles. The maximum atomic E-state index is 12.9. The predicted octanol–water partition coefficient (Wildman–Crippen LogP) is 0.598. The number of phenols is 1. The van der Waals surface area contributed by atoms with Crippen molar-refractivity contribution >= 4 is 17.8 Å². The topological polar surface area (TPSA) is 105 Å². The Hall–Kier alpha value is -2.61. The third-order valence-corrected chi connectivity index (χ3v) is 5.37. The molecule has 0 aliphatic carbocycles. The molecule has 2 aliphatic rings. The summed E-state index contributed by atoms with van der Waals surface area (Å²) in [6.45, 7) is 3.55. The summed E-state index contributed by atoms with van der Waals surface area (Å²) < 4.78 is 10.0. The number of methoxy groups -OCH3 is 2. The number of ether oxygens (including phenoxy) is 2. The van der Waals surface area contributed by atoms with Gasteiger partial charge in [-0.15, -0.1) is 0 Å². The Morgan fingerprint density at radius 3 is 2.58 bits per heavy atom. The normalized spacial score (nSPS) is 30.5. The van der Waals surface area contributed by atoms with Crippen molar-refractivity contribution in [2.24, 2.45) is 11.8 Å². The lowest BCUT2D eigenvalue weighted by atomic mass is 9.80. The van der Waals surface area contributed by atoms with Crippen LogP contribution in [-0.2, 0) is 19.1 Å². The number of aromatic hydroxyl groups is 1. The van der Waals surface area contributed by atoms with Gasteiger partial charge in [0.2, 0.25) is 11.8 Å². The first kappa shape index (κ1) is 18.2. The molecule has 2 fully saturated rings. The molecule has 0 spiro atoms. The van der Waals surface area contributed by atoms with Crippen molar-refractivity contribution in [2.45, 2.75) is 25.4 Å². The number of fused-ring (bicyclic) bond motifs is 1. The van der Waals surface area contributed by atoms with E-state index < -0.39 is 29.4 Å². The highest BCUT2D eigenvalue weighted by Crippen LogP contribution is 2.49. The average molecular weight is 362 g/mol. The number of phenolic OH excluding ortho intramolecular Hbond substituents is 1. The smallest absolute Gasteiger partial charge is 0.326 e. The Labute approximate surface area is 151 Å². The van der Waals surface area contributed by atoms with Crippen LogP contribution in [0.15, 0.2) is 18.2 Å². The van der Waals surface area contributed by atoms with Crippen LogP contribution in [0.3, 0.4) is 0 Å². The minimum Gasteiger partial charge on any atom is -0.504 e. The van der Waals surface area contributed by atoms with Gasteiger partial charge in [0.15, 0.2) is 11.5 Å². The van der Waals surface area contributed by atoms with Gasteiger partial charge in [-0.3, -0.25) is 24.6 Å².